The number of carbonyl (C=O) groups excluding carboxylic acids is 1. The van der Waals surface area contributed by atoms with Crippen LogP contribution in [0.4, 0.5) is 21.7 Å². The molecule has 0 atom stereocenters. The Morgan fingerprint density at radius 2 is 2.03 bits per heavy atom. The molecule has 0 spiro atoms. The normalized spacial score (nSPS) is 13.0. The zero-order valence-electron chi connectivity index (χ0n) is 21.7. The molecule has 3 aromatic rings. The van der Waals surface area contributed by atoms with E-state index in [0.717, 1.165) is 35.6 Å². The summed E-state index contributed by atoms with van der Waals surface area (Å²) >= 11 is 6.56. The van der Waals surface area contributed by atoms with Crippen molar-refractivity contribution in [1.29, 1.82) is 0 Å². The number of nitrogens with zero attached hydrogens (tertiary/aromatic N) is 2. The Morgan fingerprint density at radius 3 is 2.79 bits per heavy atom. The number of hydrogen-bond acceptors (Lipinski definition) is 7. The zero-order valence-corrected chi connectivity index (χ0v) is 22.5. The molecule has 0 aliphatic carbocycles. The van der Waals surface area contributed by atoms with Crippen molar-refractivity contribution in [3.05, 3.63) is 70.5 Å². The van der Waals surface area contributed by atoms with Crippen LogP contribution in [-0.2, 0) is 0 Å². The minimum atomic E-state index is -0.406. The first-order chi connectivity index (χ1) is 18.2. The van der Waals surface area contributed by atoms with E-state index in [2.05, 4.69) is 31.2 Å². The summed E-state index contributed by atoms with van der Waals surface area (Å²) in [6.07, 6.45) is 4.34. The van der Waals surface area contributed by atoms with Gasteiger partial charge in [-0.1, -0.05) is 23.2 Å². The van der Waals surface area contributed by atoms with Gasteiger partial charge in [-0.05, 0) is 69.7 Å². The van der Waals surface area contributed by atoms with Gasteiger partial charge >= 0.3 is 0 Å². The molecule has 0 fully saturated rings. The van der Waals surface area contributed by atoms with Gasteiger partial charge in [-0.25, -0.2) is 14.4 Å². The van der Waals surface area contributed by atoms with Gasteiger partial charge in [0, 0.05) is 36.4 Å². The van der Waals surface area contributed by atoms with Gasteiger partial charge in [-0.2, -0.15) is 0 Å². The summed E-state index contributed by atoms with van der Waals surface area (Å²) in [4.78, 5) is 21.3. The molecule has 4 N–H and O–H groups in total. The number of rotatable bonds is 9. The summed E-state index contributed by atoms with van der Waals surface area (Å²) in [7, 11) is 0. The number of alkyl halides is 1. The van der Waals surface area contributed by atoms with E-state index in [0.29, 0.717) is 41.0 Å². The molecule has 4 rings (SSSR count). The fraction of sp³-hybridized carbons (Fsp3) is 0.321. The molecule has 1 amide bonds. The highest BCUT2D eigenvalue weighted by Crippen LogP contribution is 2.34. The monoisotopic (exact) mass is 538 g/mol. The van der Waals surface area contributed by atoms with Crippen molar-refractivity contribution in [2.45, 2.75) is 32.7 Å². The topological polar surface area (TPSA) is 100 Å². The molecule has 0 saturated carbocycles. The van der Waals surface area contributed by atoms with Crippen molar-refractivity contribution in [3.63, 3.8) is 0 Å². The molecule has 0 radical (unpaired) electrons. The van der Waals surface area contributed by atoms with Crippen LogP contribution in [-0.4, -0.2) is 47.7 Å². The lowest BCUT2D eigenvalue weighted by atomic mass is 10.1. The smallest absolute Gasteiger partial charge is 0.251 e. The van der Waals surface area contributed by atoms with E-state index in [4.69, 9.17) is 16.3 Å². The molecule has 0 unspecified atom stereocenters. The van der Waals surface area contributed by atoms with Gasteiger partial charge in [-0.3, -0.25) is 4.79 Å². The predicted octanol–water partition coefficient (Wildman–Crippen LogP) is 5.95. The lowest BCUT2D eigenvalue weighted by Crippen LogP contribution is -2.40. The van der Waals surface area contributed by atoms with Crippen LogP contribution in [0.2, 0.25) is 5.02 Å². The Labute approximate surface area is 227 Å². The van der Waals surface area contributed by atoms with E-state index in [1.165, 1.54) is 6.33 Å². The molecule has 0 saturated heterocycles. The standard InChI is InChI=1S/C28H32ClFN6O2/c1-28(2,3)36-27(37)19-5-4-6-21(14-19)38-24-8-7-20(15-23(24)29)35-26-22-13-18(16-31-12-10-30)9-11-32-25(22)33-17-34-26/h4-8,13-15,17,31H,9-12,16H2,1-3H3,(H,36,37)(H2,32,33,34,35). The predicted molar refractivity (Wildman–Crippen MR) is 150 cm³/mol. The maximum absolute atomic E-state index is 12.5. The number of benzene rings is 2. The minimum absolute atomic E-state index is 0.178. The lowest BCUT2D eigenvalue weighted by molar-refractivity contribution is 0.0919. The first kappa shape index (κ1) is 27.3. The van der Waals surface area contributed by atoms with E-state index >= 15 is 0 Å². The molecule has 38 heavy (non-hydrogen) atoms. The largest absolute Gasteiger partial charge is 0.456 e. The first-order valence-corrected chi connectivity index (χ1v) is 12.8. The number of halogens is 2. The van der Waals surface area contributed by atoms with Crippen LogP contribution >= 0.6 is 11.6 Å². The summed E-state index contributed by atoms with van der Waals surface area (Å²) in [6, 6.07) is 12.3. The second kappa shape index (κ2) is 12.2. The molecule has 1 aromatic heterocycles. The van der Waals surface area contributed by atoms with Gasteiger partial charge in [0.2, 0.25) is 0 Å². The van der Waals surface area contributed by atoms with E-state index in [1.54, 1.807) is 36.4 Å². The quantitative estimate of drug-likeness (QED) is 0.250. The molecule has 200 valence electrons. The third-order valence-electron chi connectivity index (χ3n) is 5.60. The first-order valence-electron chi connectivity index (χ1n) is 12.4. The van der Waals surface area contributed by atoms with Crippen molar-refractivity contribution in [3.8, 4) is 11.5 Å². The van der Waals surface area contributed by atoms with Crippen LogP contribution in [0.25, 0.3) is 6.08 Å². The number of anilines is 3. The third kappa shape index (κ3) is 7.43. The van der Waals surface area contributed by atoms with Crippen LogP contribution in [0.1, 0.15) is 43.1 Å². The summed E-state index contributed by atoms with van der Waals surface area (Å²) in [5.41, 5.74) is 2.82. The Balaban J connectivity index is 1.50. The molecule has 1 aliphatic heterocycles. The third-order valence-corrected chi connectivity index (χ3v) is 5.90. The van der Waals surface area contributed by atoms with Gasteiger partial charge in [0.1, 0.15) is 36.1 Å². The Bertz CT molecular complexity index is 1320. The van der Waals surface area contributed by atoms with Crippen LogP contribution in [0, 0.1) is 0 Å². The highest BCUT2D eigenvalue weighted by Gasteiger charge is 2.17. The molecule has 0 bridgehead atoms. The van der Waals surface area contributed by atoms with Gasteiger partial charge in [0.15, 0.2) is 0 Å². The Morgan fingerprint density at radius 1 is 1.18 bits per heavy atom. The maximum Gasteiger partial charge on any atom is 0.251 e. The number of ether oxygens (including phenoxy) is 1. The SMILES string of the molecule is CC(C)(C)NC(=O)c1cccc(Oc2ccc(Nc3ncnc4c3C=C(CNCCF)CCN4)cc2Cl)c1. The van der Waals surface area contributed by atoms with E-state index in [9.17, 15) is 9.18 Å². The fourth-order valence-electron chi connectivity index (χ4n) is 3.88. The molecule has 2 aromatic carbocycles. The van der Waals surface area contributed by atoms with Gasteiger partial charge in [-0.15, -0.1) is 0 Å². The van der Waals surface area contributed by atoms with Gasteiger partial charge in [0.05, 0.1) is 10.6 Å². The number of fused-ring (bicyclic) bond motifs is 1. The number of aromatic nitrogens is 2. The fourth-order valence-corrected chi connectivity index (χ4v) is 4.10. The average Bonchev–Trinajstić information content (AvgIpc) is 3.08. The summed E-state index contributed by atoms with van der Waals surface area (Å²) in [5.74, 6) is 2.12. The zero-order chi connectivity index (χ0) is 27.1. The van der Waals surface area contributed by atoms with Crippen molar-refractivity contribution in [2.75, 3.05) is 36.9 Å². The summed E-state index contributed by atoms with van der Waals surface area (Å²) < 4.78 is 18.5. The van der Waals surface area contributed by atoms with Crippen molar-refractivity contribution in [2.24, 2.45) is 0 Å². The second-order valence-corrected chi connectivity index (χ2v) is 10.3. The van der Waals surface area contributed by atoms with Crippen molar-refractivity contribution in [1.82, 2.24) is 20.6 Å². The highest BCUT2D eigenvalue weighted by molar-refractivity contribution is 6.32. The van der Waals surface area contributed by atoms with Crippen molar-refractivity contribution < 1.29 is 13.9 Å². The van der Waals surface area contributed by atoms with Crippen molar-refractivity contribution >= 4 is 40.9 Å². The number of hydrogen-bond donors (Lipinski definition) is 4. The highest BCUT2D eigenvalue weighted by atomic mass is 35.5. The molecule has 1 aliphatic rings. The van der Waals surface area contributed by atoms with Gasteiger partial charge < -0.3 is 26.0 Å². The molecule has 10 heteroatoms. The van der Waals surface area contributed by atoms with E-state index in [-0.39, 0.29) is 11.4 Å². The number of nitrogens with one attached hydrogen (secondary N) is 4. The minimum Gasteiger partial charge on any atom is -0.456 e. The number of carbonyl (C=O) groups is 1. The molecular weight excluding hydrogens is 507 g/mol. The summed E-state index contributed by atoms with van der Waals surface area (Å²) in [5, 5.41) is 13.1. The molecular formula is C28H32ClFN6O2. The molecule has 2 heterocycles. The van der Waals surface area contributed by atoms with Crippen LogP contribution < -0.4 is 26.0 Å². The number of amides is 1. The maximum atomic E-state index is 12.5. The molecule has 8 nitrogen and oxygen atoms in total. The second-order valence-electron chi connectivity index (χ2n) is 9.93. The summed E-state index contributed by atoms with van der Waals surface area (Å²) in [6.45, 7) is 7.01. The van der Waals surface area contributed by atoms with Crippen LogP contribution in [0.5, 0.6) is 11.5 Å². The Kier molecular flexibility index (Phi) is 8.81. The van der Waals surface area contributed by atoms with E-state index in [1.807, 2.05) is 32.9 Å². The Hall–Kier alpha value is -3.69. The van der Waals surface area contributed by atoms with Crippen LogP contribution in [0.3, 0.4) is 0 Å². The average molecular weight is 539 g/mol. The van der Waals surface area contributed by atoms with Gasteiger partial charge in [0.25, 0.3) is 5.91 Å². The van der Waals surface area contributed by atoms with Crippen LogP contribution in [0.15, 0.2) is 54.4 Å². The van der Waals surface area contributed by atoms with E-state index < -0.39 is 6.67 Å². The lowest BCUT2D eigenvalue weighted by Gasteiger charge is -2.20.